The Morgan fingerprint density at radius 1 is 1.20 bits per heavy atom. The molecule has 1 aromatic carbocycles. The molecule has 7 heteroatoms. The van der Waals surface area contributed by atoms with Gasteiger partial charge in [0.25, 0.3) is 11.1 Å². The van der Waals surface area contributed by atoms with Gasteiger partial charge in [0, 0.05) is 12.0 Å². The van der Waals surface area contributed by atoms with Crippen LogP contribution in [0.2, 0.25) is 0 Å². The standard InChI is InChI=1S/C18H17N3O2S2/c22-15(19-12-18(8-9-18)13-5-2-1-3-6-13)11-25-17-21-20-16(23-17)14-7-4-10-24-14/h1-7,10H,8-9,11-12H2,(H,19,22). The molecule has 1 fully saturated rings. The smallest absolute Gasteiger partial charge is 0.277 e. The van der Waals surface area contributed by atoms with Crippen molar-refractivity contribution >= 4 is 29.0 Å². The molecule has 0 radical (unpaired) electrons. The Kier molecular flexibility index (Phi) is 4.59. The van der Waals surface area contributed by atoms with E-state index in [0.717, 1.165) is 17.7 Å². The largest absolute Gasteiger partial charge is 0.410 e. The van der Waals surface area contributed by atoms with Crippen LogP contribution >= 0.6 is 23.1 Å². The first kappa shape index (κ1) is 16.4. The van der Waals surface area contributed by atoms with Gasteiger partial charge in [-0.05, 0) is 29.9 Å². The summed E-state index contributed by atoms with van der Waals surface area (Å²) in [7, 11) is 0. The number of amides is 1. The van der Waals surface area contributed by atoms with Gasteiger partial charge in [-0.3, -0.25) is 4.79 Å². The number of hydrogen-bond acceptors (Lipinski definition) is 6. The number of aromatic nitrogens is 2. The van der Waals surface area contributed by atoms with E-state index in [1.165, 1.54) is 17.3 Å². The number of hydrogen-bond donors (Lipinski definition) is 1. The highest BCUT2D eigenvalue weighted by Crippen LogP contribution is 2.47. The molecule has 3 aromatic rings. The normalized spacial score (nSPS) is 15.0. The number of carbonyl (C=O) groups is 1. The molecule has 5 nitrogen and oxygen atoms in total. The molecule has 25 heavy (non-hydrogen) atoms. The molecular weight excluding hydrogens is 354 g/mol. The molecule has 0 saturated heterocycles. The minimum atomic E-state index is -0.0110. The van der Waals surface area contributed by atoms with E-state index in [1.54, 1.807) is 11.3 Å². The van der Waals surface area contributed by atoms with Crippen molar-refractivity contribution in [2.45, 2.75) is 23.5 Å². The molecule has 0 bridgehead atoms. The number of carbonyl (C=O) groups excluding carboxylic acids is 1. The zero-order valence-electron chi connectivity index (χ0n) is 13.5. The average Bonchev–Trinajstić information content (AvgIpc) is 3.04. The Morgan fingerprint density at radius 3 is 2.76 bits per heavy atom. The topological polar surface area (TPSA) is 68.0 Å². The summed E-state index contributed by atoms with van der Waals surface area (Å²) in [5, 5.41) is 13.4. The Balaban J connectivity index is 1.27. The van der Waals surface area contributed by atoms with Gasteiger partial charge in [-0.2, -0.15) is 0 Å². The zero-order valence-corrected chi connectivity index (χ0v) is 15.1. The molecule has 1 amide bonds. The molecule has 4 rings (SSSR count). The first-order valence-electron chi connectivity index (χ1n) is 8.08. The van der Waals surface area contributed by atoms with Crippen LogP contribution in [0.4, 0.5) is 0 Å². The lowest BCUT2D eigenvalue weighted by Crippen LogP contribution is -2.33. The van der Waals surface area contributed by atoms with Gasteiger partial charge in [-0.25, -0.2) is 0 Å². The minimum Gasteiger partial charge on any atom is -0.410 e. The van der Waals surface area contributed by atoms with Gasteiger partial charge in [0.15, 0.2) is 0 Å². The van der Waals surface area contributed by atoms with Gasteiger partial charge in [0.2, 0.25) is 5.91 Å². The maximum atomic E-state index is 12.1. The zero-order chi connectivity index (χ0) is 17.1. The van der Waals surface area contributed by atoms with E-state index in [0.29, 0.717) is 17.7 Å². The van der Waals surface area contributed by atoms with Gasteiger partial charge >= 0.3 is 0 Å². The first-order valence-corrected chi connectivity index (χ1v) is 9.94. The van der Waals surface area contributed by atoms with E-state index in [-0.39, 0.29) is 17.1 Å². The monoisotopic (exact) mass is 371 g/mol. The summed E-state index contributed by atoms with van der Waals surface area (Å²) in [6.45, 7) is 0.681. The van der Waals surface area contributed by atoms with Crippen molar-refractivity contribution in [2.24, 2.45) is 0 Å². The first-order chi connectivity index (χ1) is 12.3. The summed E-state index contributed by atoms with van der Waals surface area (Å²) in [6, 6.07) is 14.3. The van der Waals surface area contributed by atoms with E-state index in [1.807, 2.05) is 35.7 Å². The van der Waals surface area contributed by atoms with Crippen molar-refractivity contribution < 1.29 is 9.21 Å². The van der Waals surface area contributed by atoms with E-state index >= 15 is 0 Å². The Labute approximate surface area is 153 Å². The Bertz CT molecular complexity index is 842. The van der Waals surface area contributed by atoms with Gasteiger partial charge in [-0.15, -0.1) is 21.5 Å². The maximum Gasteiger partial charge on any atom is 0.277 e. The van der Waals surface area contributed by atoms with Crippen molar-refractivity contribution in [1.29, 1.82) is 0 Å². The van der Waals surface area contributed by atoms with Gasteiger partial charge in [0.1, 0.15) is 0 Å². The van der Waals surface area contributed by atoms with Crippen molar-refractivity contribution in [1.82, 2.24) is 15.5 Å². The quantitative estimate of drug-likeness (QED) is 0.641. The molecule has 2 heterocycles. The predicted molar refractivity (Wildman–Crippen MR) is 98.7 cm³/mol. The van der Waals surface area contributed by atoms with Crippen LogP contribution in [0.3, 0.4) is 0 Å². The molecule has 0 spiro atoms. The Morgan fingerprint density at radius 2 is 2.04 bits per heavy atom. The van der Waals surface area contributed by atoms with Crippen LogP contribution in [0.25, 0.3) is 10.8 Å². The van der Waals surface area contributed by atoms with Crippen molar-refractivity contribution in [3.05, 3.63) is 53.4 Å². The number of thiophene rings is 1. The maximum absolute atomic E-state index is 12.1. The molecule has 1 aliphatic rings. The third-order valence-electron chi connectivity index (χ3n) is 4.33. The molecule has 1 aliphatic carbocycles. The third kappa shape index (κ3) is 3.77. The lowest BCUT2D eigenvalue weighted by atomic mass is 9.96. The lowest BCUT2D eigenvalue weighted by molar-refractivity contribution is -0.118. The fraction of sp³-hybridized carbons (Fsp3) is 0.278. The molecule has 2 aromatic heterocycles. The van der Waals surface area contributed by atoms with Crippen LogP contribution in [-0.2, 0) is 10.2 Å². The van der Waals surface area contributed by atoms with Crippen LogP contribution in [0, 0.1) is 0 Å². The molecule has 0 unspecified atom stereocenters. The summed E-state index contributed by atoms with van der Waals surface area (Å²) in [5.41, 5.74) is 1.43. The van der Waals surface area contributed by atoms with Crippen LogP contribution in [0.1, 0.15) is 18.4 Å². The van der Waals surface area contributed by atoms with Gasteiger partial charge < -0.3 is 9.73 Å². The number of benzene rings is 1. The lowest BCUT2D eigenvalue weighted by Gasteiger charge is -2.16. The van der Waals surface area contributed by atoms with E-state index in [9.17, 15) is 4.79 Å². The van der Waals surface area contributed by atoms with Crippen molar-refractivity contribution in [2.75, 3.05) is 12.3 Å². The molecule has 0 atom stereocenters. The Hall–Kier alpha value is -2.12. The summed E-state index contributed by atoms with van der Waals surface area (Å²) >= 11 is 2.81. The number of nitrogens with one attached hydrogen (secondary N) is 1. The third-order valence-corrected chi connectivity index (χ3v) is 6.01. The van der Waals surface area contributed by atoms with E-state index < -0.39 is 0 Å². The van der Waals surface area contributed by atoms with E-state index in [4.69, 9.17) is 4.42 Å². The second kappa shape index (κ2) is 7.01. The molecule has 1 N–H and O–H groups in total. The molecule has 1 saturated carbocycles. The van der Waals surface area contributed by atoms with Gasteiger partial charge in [0.05, 0.1) is 10.6 Å². The fourth-order valence-corrected chi connectivity index (χ4v) is 3.96. The number of rotatable bonds is 7. The van der Waals surface area contributed by atoms with Crippen LogP contribution in [-0.4, -0.2) is 28.4 Å². The average molecular weight is 371 g/mol. The van der Waals surface area contributed by atoms with Crippen molar-refractivity contribution in [3.8, 4) is 10.8 Å². The highest BCUT2D eigenvalue weighted by molar-refractivity contribution is 7.99. The summed E-state index contributed by atoms with van der Waals surface area (Å²) in [6.07, 6.45) is 2.25. The fourth-order valence-electron chi connectivity index (χ4n) is 2.72. The molecule has 0 aliphatic heterocycles. The second-order valence-corrected chi connectivity index (χ2v) is 7.94. The second-order valence-electron chi connectivity index (χ2n) is 6.06. The predicted octanol–water partition coefficient (Wildman–Crippen LogP) is 3.74. The summed E-state index contributed by atoms with van der Waals surface area (Å²) in [4.78, 5) is 13.1. The summed E-state index contributed by atoms with van der Waals surface area (Å²) in [5.74, 6) is 0.763. The van der Waals surface area contributed by atoms with Crippen LogP contribution < -0.4 is 5.32 Å². The highest BCUT2D eigenvalue weighted by atomic mass is 32.2. The van der Waals surface area contributed by atoms with Crippen LogP contribution in [0.5, 0.6) is 0 Å². The minimum absolute atomic E-state index is 0.0110. The number of nitrogens with zero attached hydrogens (tertiary/aromatic N) is 2. The molecular formula is C18H17N3O2S2. The highest BCUT2D eigenvalue weighted by Gasteiger charge is 2.44. The van der Waals surface area contributed by atoms with Gasteiger partial charge in [-0.1, -0.05) is 48.2 Å². The van der Waals surface area contributed by atoms with Crippen LogP contribution in [0.15, 0.2) is 57.5 Å². The SMILES string of the molecule is O=C(CSc1nnc(-c2cccs2)o1)NCC1(c2ccccc2)CC1. The van der Waals surface area contributed by atoms with Crippen molar-refractivity contribution in [3.63, 3.8) is 0 Å². The number of thioether (sulfide) groups is 1. The molecule has 128 valence electrons. The summed E-state index contributed by atoms with van der Waals surface area (Å²) < 4.78 is 5.58. The van der Waals surface area contributed by atoms with E-state index in [2.05, 4.69) is 27.6 Å².